The fourth-order valence-electron chi connectivity index (χ4n) is 1.98. The molecule has 0 aliphatic carbocycles. The largest absolute Gasteiger partial charge is 0.389 e. The summed E-state index contributed by atoms with van der Waals surface area (Å²) in [7, 11) is 0. The number of hydrogen-bond acceptors (Lipinski definition) is 3. The lowest BCUT2D eigenvalue weighted by Gasteiger charge is -2.25. The van der Waals surface area contributed by atoms with Crippen molar-refractivity contribution in [2.75, 3.05) is 19.6 Å². The molecular weight excluding hydrogens is 164 g/mol. The first-order valence-corrected chi connectivity index (χ1v) is 5.09. The van der Waals surface area contributed by atoms with E-state index in [0.29, 0.717) is 5.92 Å². The van der Waals surface area contributed by atoms with Gasteiger partial charge in [-0.15, -0.1) is 0 Å². The SMILES string of the molecule is CC(N)C1CCN(CC(C)(C)O)C1. The van der Waals surface area contributed by atoms with E-state index in [9.17, 15) is 5.11 Å². The highest BCUT2D eigenvalue weighted by Gasteiger charge is 2.28. The first-order chi connectivity index (χ1) is 5.88. The molecule has 1 fully saturated rings. The molecular formula is C10H22N2O. The van der Waals surface area contributed by atoms with Gasteiger partial charge < -0.3 is 15.7 Å². The highest BCUT2D eigenvalue weighted by atomic mass is 16.3. The zero-order chi connectivity index (χ0) is 10.1. The minimum atomic E-state index is -0.577. The first kappa shape index (κ1) is 11.0. The lowest BCUT2D eigenvalue weighted by molar-refractivity contribution is 0.0425. The molecule has 13 heavy (non-hydrogen) atoms. The molecule has 3 nitrogen and oxygen atoms in total. The summed E-state index contributed by atoms with van der Waals surface area (Å²) < 4.78 is 0. The van der Waals surface area contributed by atoms with Crippen LogP contribution in [-0.2, 0) is 0 Å². The van der Waals surface area contributed by atoms with E-state index in [4.69, 9.17) is 5.73 Å². The third-order valence-corrected chi connectivity index (χ3v) is 2.66. The van der Waals surface area contributed by atoms with Crippen LogP contribution >= 0.6 is 0 Å². The molecule has 0 saturated carbocycles. The second-order valence-corrected chi connectivity index (χ2v) is 4.96. The van der Waals surface area contributed by atoms with Gasteiger partial charge in [-0.2, -0.15) is 0 Å². The van der Waals surface area contributed by atoms with E-state index in [2.05, 4.69) is 11.8 Å². The molecule has 1 aliphatic rings. The summed E-state index contributed by atoms with van der Waals surface area (Å²) in [6, 6.07) is 0.284. The Morgan fingerprint density at radius 2 is 2.23 bits per heavy atom. The quantitative estimate of drug-likeness (QED) is 0.672. The first-order valence-electron chi connectivity index (χ1n) is 5.09. The van der Waals surface area contributed by atoms with Gasteiger partial charge in [0.05, 0.1) is 5.60 Å². The van der Waals surface area contributed by atoms with Gasteiger partial charge >= 0.3 is 0 Å². The molecule has 3 heteroatoms. The van der Waals surface area contributed by atoms with Crippen molar-refractivity contribution < 1.29 is 5.11 Å². The second kappa shape index (κ2) is 3.95. The molecule has 0 bridgehead atoms. The molecule has 1 rings (SSSR count). The van der Waals surface area contributed by atoms with Gasteiger partial charge in [0.1, 0.15) is 0 Å². The number of β-amino-alcohol motifs (C(OH)–C–C–N with tert-alkyl or cyclic N) is 1. The van der Waals surface area contributed by atoms with Crippen LogP contribution in [0.1, 0.15) is 27.2 Å². The van der Waals surface area contributed by atoms with E-state index >= 15 is 0 Å². The maximum atomic E-state index is 9.63. The maximum Gasteiger partial charge on any atom is 0.0718 e. The van der Waals surface area contributed by atoms with Crippen molar-refractivity contribution in [3.8, 4) is 0 Å². The van der Waals surface area contributed by atoms with Gasteiger partial charge in [0, 0.05) is 19.1 Å². The summed E-state index contributed by atoms with van der Waals surface area (Å²) in [5.74, 6) is 0.613. The fourth-order valence-corrected chi connectivity index (χ4v) is 1.98. The Bertz CT molecular complexity index is 163. The highest BCUT2D eigenvalue weighted by molar-refractivity contribution is 4.83. The lowest BCUT2D eigenvalue weighted by atomic mass is 10.0. The summed E-state index contributed by atoms with van der Waals surface area (Å²) >= 11 is 0. The molecule has 0 amide bonds. The standard InChI is InChI=1S/C10H22N2O/c1-8(11)9-4-5-12(6-9)7-10(2,3)13/h8-9,13H,4-7,11H2,1-3H3. The van der Waals surface area contributed by atoms with E-state index in [0.717, 1.165) is 19.6 Å². The molecule has 0 aromatic heterocycles. The van der Waals surface area contributed by atoms with Crippen LogP contribution in [0.4, 0.5) is 0 Å². The summed E-state index contributed by atoms with van der Waals surface area (Å²) in [5.41, 5.74) is 5.26. The van der Waals surface area contributed by atoms with Crippen LogP contribution in [0.25, 0.3) is 0 Å². The monoisotopic (exact) mass is 186 g/mol. The minimum Gasteiger partial charge on any atom is -0.389 e. The molecule has 1 heterocycles. The molecule has 2 atom stereocenters. The smallest absolute Gasteiger partial charge is 0.0718 e. The van der Waals surface area contributed by atoms with Crippen molar-refractivity contribution in [2.45, 2.75) is 38.8 Å². The molecule has 1 saturated heterocycles. The molecule has 2 unspecified atom stereocenters. The summed E-state index contributed by atoms with van der Waals surface area (Å²) in [5, 5.41) is 9.63. The van der Waals surface area contributed by atoms with Crippen LogP contribution < -0.4 is 5.73 Å². The second-order valence-electron chi connectivity index (χ2n) is 4.96. The van der Waals surface area contributed by atoms with Gasteiger partial charge in [-0.25, -0.2) is 0 Å². The maximum absolute atomic E-state index is 9.63. The number of hydrogen-bond donors (Lipinski definition) is 2. The van der Waals surface area contributed by atoms with E-state index < -0.39 is 5.60 Å². The Morgan fingerprint density at radius 3 is 2.62 bits per heavy atom. The van der Waals surface area contributed by atoms with Gasteiger partial charge in [0.25, 0.3) is 0 Å². The van der Waals surface area contributed by atoms with Gasteiger partial charge in [-0.3, -0.25) is 0 Å². The third kappa shape index (κ3) is 3.63. The van der Waals surface area contributed by atoms with Crippen molar-refractivity contribution in [1.82, 2.24) is 4.90 Å². The molecule has 3 N–H and O–H groups in total. The van der Waals surface area contributed by atoms with Crippen LogP contribution in [0, 0.1) is 5.92 Å². The van der Waals surface area contributed by atoms with Gasteiger partial charge in [0.2, 0.25) is 0 Å². The Labute approximate surface area is 80.9 Å². The summed E-state index contributed by atoms with van der Waals surface area (Å²) in [4.78, 5) is 2.30. The highest BCUT2D eigenvalue weighted by Crippen LogP contribution is 2.20. The number of likely N-dealkylation sites (tertiary alicyclic amines) is 1. The Kier molecular flexibility index (Phi) is 3.33. The Balaban J connectivity index is 2.33. The molecule has 78 valence electrons. The third-order valence-electron chi connectivity index (χ3n) is 2.66. The van der Waals surface area contributed by atoms with E-state index in [-0.39, 0.29) is 6.04 Å². The number of nitrogens with zero attached hydrogens (tertiary/aromatic N) is 1. The van der Waals surface area contributed by atoms with E-state index in [1.54, 1.807) is 0 Å². The van der Waals surface area contributed by atoms with E-state index in [1.807, 2.05) is 13.8 Å². The predicted octanol–water partition coefficient (Wildman–Crippen LogP) is 0.426. The van der Waals surface area contributed by atoms with Crippen LogP contribution in [-0.4, -0.2) is 41.3 Å². The van der Waals surface area contributed by atoms with Crippen LogP contribution in [0.3, 0.4) is 0 Å². The van der Waals surface area contributed by atoms with Crippen LogP contribution in [0.2, 0.25) is 0 Å². The van der Waals surface area contributed by atoms with Gasteiger partial charge in [-0.1, -0.05) is 0 Å². The molecule has 0 spiro atoms. The molecule has 1 aliphatic heterocycles. The van der Waals surface area contributed by atoms with Gasteiger partial charge in [0.15, 0.2) is 0 Å². The van der Waals surface area contributed by atoms with Crippen LogP contribution in [0.15, 0.2) is 0 Å². The van der Waals surface area contributed by atoms with Crippen molar-refractivity contribution in [2.24, 2.45) is 11.7 Å². The number of rotatable bonds is 3. The fraction of sp³-hybridized carbons (Fsp3) is 1.00. The number of nitrogens with two attached hydrogens (primary N) is 1. The van der Waals surface area contributed by atoms with Crippen molar-refractivity contribution in [1.29, 1.82) is 0 Å². The Morgan fingerprint density at radius 1 is 1.62 bits per heavy atom. The number of aliphatic hydroxyl groups is 1. The molecule has 0 aromatic carbocycles. The van der Waals surface area contributed by atoms with Crippen molar-refractivity contribution >= 4 is 0 Å². The Hall–Kier alpha value is -0.120. The average Bonchev–Trinajstić information content (AvgIpc) is 2.31. The minimum absolute atomic E-state index is 0.284. The zero-order valence-corrected chi connectivity index (χ0v) is 8.95. The van der Waals surface area contributed by atoms with Crippen molar-refractivity contribution in [3.05, 3.63) is 0 Å². The van der Waals surface area contributed by atoms with Gasteiger partial charge in [-0.05, 0) is 39.7 Å². The topological polar surface area (TPSA) is 49.5 Å². The molecule has 0 aromatic rings. The van der Waals surface area contributed by atoms with Crippen LogP contribution in [0.5, 0.6) is 0 Å². The van der Waals surface area contributed by atoms with Crippen molar-refractivity contribution in [3.63, 3.8) is 0 Å². The average molecular weight is 186 g/mol. The lowest BCUT2D eigenvalue weighted by Crippen LogP contribution is -2.38. The van der Waals surface area contributed by atoms with E-state index in [1.165, 1.54) is 6.42 Å². The normalized spacial score (nSPS) is 27.9. The predicted molar refractivity (Wildman–Crippen MR) is 54.5 cm³/mol. The summed E-state index contributed by atoms with van der Waals surface area (Å²) in [6.07, 6.45) is 1.17. The zero-order valence-electron chi connectivity index (χ0n) is 8.95. The molecule has 0 radical (unpaired) electrons. The summed E-state index contributed by atoms with van der Waals surface area (Å²) in [6.45, 7) is 8.66.